The summed E-state index contributed by atoms with van der Waals surface area (Å²) in [5.74, 6) is -1.04. The van der Waals surface area contributed by atoms with Crippen LogP contribution in [-0.2, 0) is 14.3 Å². The maximum Gasteiger partial charge on any atom is 0.370 e. The van der Waals surface area contributed by atoms with Crippen LogP contribution in [0.25, 0.3) is 0 Å². The molecule has 0 saturated heterocycles. The summed E-state index contributed by atoms with van der Waals surface area (Å²) in [6.07, 6.45) is 3.58. The number of aliphatic carboxylic acids is 1. The lowest BCUT2D eigenvalue weighted by molar-refractivity contribution is -0.139. The van der Waals surface area contributed by atoms with E-state index in [-0.39, 0.29) is 11.7 Å². The largest absolute Gasteiger partial charge is 0.481 e. The van der Waals surface area contributed by atoms with Gasteiger partial charge in [-0.25, -0.2) is 4.79 Å². The zero-order valence-electron chi connectivity index (χ0n) is 12.3. The minimum Gasteiger partial charge on any atom is -0.481 e. The highest BCUT2D eigenvalue weighted by molar-refractivity contribution is 5.84. The molecule has 1 rings (SSSR count). The molecule has 1 aliphatic heterocycles. The highest BCUT2D eigenvalue weighted by Gasteiger charge is 2.36. The van der Waals surface area contributed by atoms with E-state index in [2.05, 4.69) is 19.2 Å². The Balaban J connectivity index is 2.92. The Labute approximate surface area is 119 Å². The number of nitrogens with two attached hydrogens (primary N) is 1. The van der Waals surface area contributed by atoms with Gasteiger partial charge < -0.3 is 20.9 Å². The van der Waals surface area contributed by atoms with Gasteiger partial charge in [0.25, 0.3) is 0 Å². The molecule has 4 N–H and O–H groups in total. The molecule has 6 nitrogen and oxygen atoms in total. The second-order valence-electron chi connectivity index (χ2n) is 5.21. The average Bonchev–Trinajstić information content (AvgIpc) is 2.38. The summed E-state index contributed by atoms with van der Waals surface area (Å²) >= 11 is 0. The summed E-state index contributed by atoms with van der Waals surface area (Å²) in [6, 6.07) is -0.950. The first-order valence-corrected chi connectivity index (χ1v) is 7.03. The zero-order chi connectivity index (χ0) is 15.3. The van der Waals surface area contributed by atoms with Gasteiger partial charge in [0.05, 0.1) is 12.1 Å². The van der Waals surface area contributed by atoms with Gasteiger partial charge in [-0.2, -0.15) is 0 Å². The van der Waals surface area contributed by atoms with Gasteiger partial charge in [0.15, 0.2) is 0 Å². The van der Waals surface area contributed by atoms with E-state index in [0.29, 0.717) is 12.3 Å². The van der Waals surface area contributed by atoms with Crippen molar-refractivity contribution in [2.45, 2.75) is 58.2 Å². The summed E-state index contributed by atoms with van der Waals surface area (Å²) in [4.78, 5) is 22.3. The minimum atomic E-state index is -1.13. The third-order valence-corrected chi connectivity index (χ3v) is 3.74. The lowest BCUT2D eigenvalue weighted by Crippen LogP contribution is -2.56. The van der Waals surface area contributed by atoms with E-state index in [1.807, 2.05) is 0 Å². The number of hydrogen-bond acceptors (Lipinski definition) is 4. The summed E-state index contributed by atoms with van der Waals surface area (Å²) in [6.45, 7) is 5.58. The number of hydrogen-bond donors (Lipinski definition) is 3. The predicted molar refractivity (Wildman–Crippen MR) is 74.9 cm³/mol. The Bertz CT molecular complexity index is 391. The average molecular weight is 284 g/mol. The van der Waals surface area contributed by atoms with Crippen LogP contribution in [0.4, 0.5) is 0 Å². The quantitative estimate of drug-likeness (QED) is 0.675. The first-order chi connectivity index (χ1) is 9.38. The molecular weight excluding hydrogens is 260 g/mol. The number of amides is 1. The number of carbonyl (C=O) groups excluding carboxylic acids is 1. The molecule has 0 aromatic carbocycles. The topological polar surface area (TPSA) is 102 Å². The van der Waals surface area contributed by atoms with Crippen LogP contribution < -0.4 is 11.1 Å². The molecule has 114 valence electrons. The van der Waals surface area contributed by atoms with Crippen LogP contribution in [0.5, 0.6) is 0 Å². The van der Waals surface area contributed by atoms with E-state index in [4.69, 9.17) is 15.6 Å². The van der Waals surface area contributed by atoms with E-state index < -0.39 is 24.2 Å². The van der Waals surface area contributed by atoms with Gasteiger partial charge in [0.2, 0.25) is 11.7 Å². The summed E-state index contributed by atoms with van der Waals surface area (Å²) in [7, 11) is 0. The van der Waals surface area contributed by atoms with Crippen molar-refractivity contribution in [2.75, 3.05) is 0 Å². The number of carboxylic acids is 1. The van der Waals surface area contributed by atoms with E-state index in [1.54, 1.807) is 0 Å². The molecular formula is C14H24N2O4. The van der Waals surface area contributed by atoms with Crippen LogP contribution in [-0.4, -0.2) is 35.2 Å². The molecule has 0 spiro atoms. The molecule has 0 aliphatic carbocycles. The van der Waals surface area contributed by atoms with E-state index in [1.165, 1.54) is 13.0 Å². The Morgan fingerprint density at radius 3 is 2.50 bits per heavy atom. The van der Waals surface area contributed by atoms with Crippen molar-refractivity contribution >= 4 is 11.9 Å². The predicted octanol–water partition coefficient (Wildman–Crippen LogP) is 1.01. The lowest BCUT2D eigenvalue weighted by Gasteiger charge is -2.36. The third-order valence-electron chi connectivity index (χ3n) is 3.74. The summed E-state index contributed by atoms with van der Waals surface area (Å²) < 4.78 is 5.53. The van der Waals surface area contributed by atoms with Crippen LogP contribution in [0, 0.1) is 5.92 Å². The molecule has 0 radical (unpaired) electrons. The van der Waals surface area contributed by atoms with Gasteiger partial charge >= 0.3 is 5.97 Å². The second-order valence-corrected chi connectivity index (χ2v) is 5.21. The van der Waals surface area contributed by atoms with Crippen molar-refractivity contribution in [3.8, 4) is 0 Å². The smallest absolute Gasteiger partial charge is 0.370 e. The first kappa shape index (κ1) is 16.5. The number of carbonyl (C=O) groups is 2. The molecule has 0 saturated carbocycles. The third kappa shape index (κ3) is 4.23. The van der Waals surface area contributed by atoms with Gasteiger partial charge in [0, 0.05) is 6.92 Å². The highest BCUT2D eigenvalue weighted by atomic mass is 16.5. The van der Waals surface area contributed by atoms with Gasteiger partial charge in [-0.1, -0.05) is 26.7 Å². The molecule has 1 heterocycles. The number of rotatable bonds is 6. The SMILES string of the molecule is CCC(CC)C[C@@H]1OC(C(=O)O)=C[C@H](N)[C@H]1NC(C)=O. The molecule has 6 heteroatoms. The van der Waals surface area contributed by atoms with E-state index >= 15 is 0 Å². The molecule has 20 heavy (non-hydrogen) atoms. The Kier molecular flexibility index (Phi) is 6.01. The van der Waals surface area contributed by atoms with Gasteiger partial charge in [-0.05, 0) is 18.4 Å². The molecule has 3 atom stereocenters. The van der Waals surface area contributed by atoms with Gasteiger partial charge in [-0.15, -0.1) is 0 Å². The molecule has 0 bridgehead atoms. The maximum atomic E-state index is 11.3. The molecule has 0 aromatic rings. The number of nitrogens with one attached hydrogen (secondary N) is 1. The number of carboxylic acid groups (broad SMARTS) is 1. The van der Waals surface area contributed by atoms with Crippen molar-refractivity contribution < 1.29 is 19.4 Å². The lowest BCUT2D eigenvalue weighted by atomic mass is 9.88. The van der Waals surface area contributed by atoms with Gasteiger partial charge in [0.1, 0.15) is 6.10 Å². The fourth-order valence-corrected chi connectivity index (χ4v) is 2.49. The van der Waals surface area contributed by atoms with Crippen molar-refractivity contribution in [3.63, 3.8) is 0 Å². The molecule has 0 aromatic heterocycles. The van der Waals surface area contributed by atoms with Crippen LogP contribution in [0.3, 0.4) is 0 Å². The van der Waals surface area contributed by atoms with Crippen LogP contribution in [0.1, 0.15) is 40.0 Å². The monoisotopic (exact) mass is 284 g/mol. The molecule has 0 unspecified atom stereocenters. The molecule has 0 fully saturated rings. The van der Waals surface area contributed by atoms with Crippen molar-refractivity contribution in [1.29, 1.82) is 0 Å². The highest BCUT2D eigenvalue weighted by Crippen LogP contribution is 2.25. The Morgan fingerprint density at radius 1 is 1.45 bits per heavy atom. The molecule has 1 aliphatic rings. The van der Waals surface area contributed by atoms with Crippen LogP contribution in [0.2, 0.25) is 0 Å². The fourth-order valence-electron chi connectivity index (χ4n) is 2.49. The first-order valence-electron chi connectivity index (χ1n) is 7.03. The van der Waals surface area contributed by atoms with Crippen molar-refractivity contribution in [2.24, 2.45) is 11.7 Å². The zero-order valence-corrected chi connectivity index (χ0v) is 12.3. The minimum absolute atomic E-state index is 0.130. The number of ether oxygens (including phenoxy) is 1. The van der Waals surface area contributed by atoms with Crippen LogP contribution in [0.15, 0.2) is 11.8 Å². The fraction of sp³-hybridized carbons (Fsp3) is 0.714. The maximum absolute atomic E-state index is 11.3. The normalized spacial score (nSPS) is 25.9. The standard InChI is InChI=1S/C14H24N2O4/c1-4-9(5-2)6-11-13(16-8(3)17)10(15)7-12(20-11)14(18)19/h7,9-11,13H,4-6,15H2,1-3H3,(H,16,17)(H,18,19)/t10-,11-,13+/m0/s1. The van der Waals surface area contributed by atoms with Crippen molar-refractivity contribution in [1.82, 2.24) is 5.32 Å². The summed E-state index contributed by atoms with van der Waals surface area (Å²) in [5.41, 5.74) is 5.97. The van der Waals surface area contributed by atoms with E-state index in [9.17, 15) is 9.59 Å². The van der Waals surface area contributed by atoms with Crippen LogP contribution >= 0.6 is 0 Å². The molecule has 1 amide bonds. The van der Waals surface area contributed by atoms with Gasteiger partial charge in [-0.3, -0.25) is 4.79 Å². The van der Waals surface area contributed by atoms with E-state index in [0.717, 1.165) is 12.8 Å². The summed E-state index contributed by atoms with van der Waals surface area (Å²) in [5, 5.41) is 11.8. The Hall–Kier alpha value is -1.56. The second kappa shape index (κ2) is 7.28. The van der Waals surface area contributed by atoms with Crippen molar-refractivity contribution in [3.05, 3.63) is 11.8 Å². The Morgan fingerprint density at radius 2 is 2.05 bits per heavy atom.